The number of aromatic nitrogens is 1. The fraction of sp³-hybridized carbons (Fsp3) is 0.0625. The second kappa shape index (κ2) is 6.72. The highest BCUT2D eigenvalue weighted by molar-refractivity contribution is 7.16. The van der Waals surface area contributed by atoms with Gasteiger partial charge in [0, 0.05) is 22.8 Å². The number of thiazole rings is 1. The third kappa shape index (κ3) is 3.46. The molecular weight excluding hydrogens is 332 g/mol. The van der Waals surface area contributed by atoms with Gasteiger partial charge in [-0.2, -0.15) is 0 Å². The Labute approximate surface area is 140 Å². The number of carbonyl (C=O) groups excluding carboxylic acids is 2. The maximum absolute atomic E-state index is 12.2. The summed E-state index contributed by atoms with van der Waals surface area (Å²) in [7, 11) is 1.31. The summed E-state index contributed by atoms with van der Waals surface area (Å²) in [4.78, 5) is 28.7. The summed E-state index contributed by atoms with van der Waals surface area (Å²) in [6.45, 7) is 0. The van der Waals surface area contributed by atoms with Crippen molar-refractivity contribution in [3.8, 4) is 10.6 Å². The van der Waals surface area contributed by atoms with Crippen LogP contribution in [0.25, 0.3) is 10.6 Å². The molecule has 0 unspecified atom stereocenters. The van der Waals surface area contributed by atoms with Crippen LogP contribution in [0.1, 0.15) is 19.3 Å². The molecule has 23 heavy (non-hydrogen) atoms. The van der Waals surface area contributed by atoms with Gasteiger partial charge in [-0.15, -0.1) is 22.7 Å². The summed E-state index contributed by atoms with van der Waals surface area (Å²) in [5, 5.41) is 5.65. The third-order valence-electron chi connectivity index (χ3n) is 3.04. The molecule has 116 valence electrons. The molecule has 0 saturated carbocycles. The SMILES string of the molecule is COC(=O)c1ccc(C(=O)Nc2ccc(-c3nccs3)cc2)s1. The maximum atomic E-state index is 12.2. The van der Waals surface area contributed by atoms with E-state index in [-0.39, 0.29) is 5.91 Å². The molecule has 2 heterocycles. The second-order valence-electron chi connectivity index (χ2n) is 4.52. The molecule has 0 aliphatic heterocycles. The lowest BCUT2D eigenvalue weighted by Crippen LogP contribution is -2.09. The lowest BCUT2D eigenvalue weighted by atomic mass is 10.2. The number of anilines is 1. The zero-order valence-electron chi connectivity index (χ0n) is 12.1. The van der Waals surface area contributed by atoms with Gasteiger partial charge in [0.15, 0.2) is 0 Å². The highest BCUT2D eigenvalue weighted by Crippen LogP contribution is 2.24. The van der Waals surface area contributed by atoms with Gasteiger partial charge in [-0.05, 0) is 36.4 Å². The van der Waals surface area contributed by atoms with Crippen LogP contribution < -0.4 is 5.32 Å². The molecule has 2 aromatic heterocycles. The average Bonchev–Trinajstić information content (AvgIpc) is 3.26. The summed E-state index contributed by atoms with van der Waals surface area (Å²) in [5.74, 6) is -0.700. The fourth-order valence-corrected chi connectivity index (χ4v) is 3.39. The molecule has 0 bridgehead atoms. The van der Waals surface area contributed by atoms with E-state index in [1.165, 1.54) is 7.11 Å². The van der Waals surface area contributed by atoms with Crippen molar-refractivity contribution < 1.29 is 14.3 Å². The van der Waals surface area contributed by atoms with Gasteiger partial charge in [0.25, 0.3) is 5.91 Å². The number of amides is 1. The predicted octanol–water partition coefficient (Wildman–Crippen LogP) is 3.91. The molecule has 0 aliphatic rings. The van der Waals surface area contributed by atoms with E-state index in [1.807, 2.05) is 29.6 Å². The van der Waals surface area contributed by atoms with Crippen LogP contribution >= 0.6 is 22.7 Å². The molecule has 7 heteroatoms. The minimum absolute atomic E-state index is 0.257. The van der Waals surface area contributed by atoms with E-state index >= 15 is 0 Å². The van der Waals surface area contributed by atoms with Gasteiger partial charge >= 0.3 is 5.97 Å². The largest absolute Gasteiger partial charge is 0.465 e. The standard InChI is InChI=1S/C16H12N2O3S2/c1-21-16(20)13-7-6-12(23-13)14(19)18-11-4-2-10(3-5-11)15-17-8-9-22-15/h2-9H,1H3,(H,18,19). The number of nitrogens with one attached hydrogen (secondary N) is 1. The van der Waals surface area contributed by atoms with Gasteiger partial charge in [-0.25, -0.2) is 9.78 Å². The number of hydrogen-bond acceptors (Lipinski definition) is 6. The van der Waals surface area contributed by atoms with E-state index in [0.717, 1.165) is 21.9 Å². The third-order valence-corrected chi connectivity index (χ3v) is 4.92. The van der Waals surface area contributed by atoms with Crippen LogP contribution in [0.4, 0.5) is 5.69 Å². The first-order chi connectivity index (χ1) is 11.2. The van der Waals surface area contributed by atoms with E-state index in [9.17, 15) is 9.59 Å². The number of hydrogen-bond donors (Lipinski definition) is 1. The highest BCUT2D eigenvalue weighted by Gasteiger charge is 2.14. The molecule has 0 atom stereocenters. The number of methoxy groups -OCH3 is 1. The van der Waals surface area contributed by atoms with Crippen LogP contribution in [0.5, 0.6) is 0 Å². The summed E-state index contributed by atoms with van der Waals surface area (Å²) in [6, 6.07) is 10.6. The van der Waals surface area contributed by atoms with E-state index in [0.29, 0.717) is 15.4 Å². The molecule has 3 rings (SSSR count). The van der Waals surface area contributed by atoms with Gasteiger partial charge < -0.3 is 10.1 Å². The Morgan fingerprint density at radius 1 is 1.09 bits per heavy atom. The van der Waals surface area contributed by atoms with Crippen LogP contribution in [-0.4, -0.2) is 24.0 Å². The molecule has 3 aromatic rings. The average molecular weight is 344 g/mol. The molecule has 1 amide bonds. The first kappa shape index (κ1) is 15.4. The number of rotatable bonds is 4. The monoisotopic (exact) mass is 344 g/mol. The summed E-state index contributed by atoms with van der Waals surface area (Å²) >= 11 is 2.66. The Bertz CT molecular complexity index is 823. The van der Waals surface area contributed by atoms with E-state index < -0.39 is 5.97 Å². The normalized spacial score (nSPS) is 10.3. The minimum atomic E-state index is -0.443. The topological polar surface area (TPSA) is 68.3 Å². The molecule has 0 fully saturated rings. The number of thiophene rings is 1. The Morgan fingerprint density at radius 2 is 1.83 bits per heavy atom. The molecule has 5 nitrogen and oxygen atoms in total. The number of esters is 1. The van der Waals surface area contributed by atoms with Crippen molar-refractivity contribution in [3.63, 3.8) is 0 Å². The first-order valence-corrected chi connectivity index (χ1v) is 8.36. The van der Waals surface area contributed by atoms with Crippen molar-refractivity contribution in [3.05, 3.63) is 57.7 Å². The number of ether oxygens (including phenoxy) is 1. The Hall–Kier alpha value is -2.51. The van der Waals surface area contributed by atoms with Crippen molar-refractivity contribution in [1.29, 1.82) is 0 Å². The van der Waals surface area contributed by atoms with Crippen molar-refractivity contribution >= 4 is 40.2 Å². The van der Waals surface area contributed by atoms with E-state index in [4.69, 9.17) is 0 Å². The van der Waals surface area contributed by atoms with Gasteiger partial charge in [0.05, 0.1) is 12.0 Å². The minimum Gasteiger partial charge on any atom is -0.465 e. The van der Waals surface area contributed by atoms with Crippen LogP contribution in [-0.2, 0) is 4.74 Å². The van der Waals surface area contributed by atoms with Crippen LogP contribution in [0.2, 0.25) is 0 Å². The first-order valence-electron chi connectivity index (χ1n) is 6.67. The van der Waals surface area contributed by atoms with Gasteiger partial charge in [-0.3, -0.25) is 4.79 Å². The quantitative estimate of drug-likeness (QED) is 0.729. The van der Waals surface area contributed by atoms with Crippen molar-refractivity contribution in [2.45, 2.75) is 0 Å². The van der Waals surface area contributed by atoms with Crippen molar-refractivity contribution in [1.82, 2.24) is 4.98 Å². The summed E-state index contributed by atoms with van der Waals surface area (Å²) in [5.41, 5.74) is 1.69. The van der Waals surface area contributed by atoms with Gasteiger partial charge in [0.2, 0.25) is 0 Å². The lowest BCUT2D eigenvalue weighted by Gasteiger charge is -2.04. The fourth-order valence-electron chi connectivity index (χ4n) is 1.93. The number of benzene rings is 1. The van der Waals surface area contributed by atoms with E-state index in [2.05, 4.69) is 15.0 Å². The zero-order valence-corrected chi connectivity index (χ0v) is 13.7. The molecule has 0 radical (unpaired) electrons. The highest BCUT2D eigenvalue weighted by atomic mass is 32.1. The summed E-state index contributed by atoms with van der Waals surface area (Å²) < 4.78 is 4.63. The zero-order chi connectivity index (χ0) is 16.2. The summed E-state index contributed by atoms with van der Waals surface area (Å²) in [6.07, 6.45) is 1.76. The van der Waals surface area contributed by atoms with E-state index in [1.54, 1.807) is 29.7 Å². The van der Waals surface area contributed by atoms with Crippen LogP contribution in [0.3, 0.4) is 0 Å². The molecule has 0 spiro atoms. The second-order valence-corrected chi connectivity index (χ2v) is 6.50. The lowest BCUT2D eigenvalue weighted by molar-refractivity contribution is 0.0606. The Balaban J connectivity index is 1.70. The maximum Gasteiger partial charge on any atom is 0.348 e. The van der Waals surface area contributed by atoms with Crippen molar-refractivity contribution in [2.24, 2.45) is 0 Å². The van der Waals surface area contributed by atoms with Gasteiger partial charge in [-0.1, -0.05) is 0 Å². The Kier molecular flexibility index (Phi) is 4.50. The van der Waals surface area contributed by atoms with Gasteiger partial charge in [0.1, 0.15) is 9.88 Å². The smallest absolute Gasteiger partial charge is 0.348 e. The molecule has 1 aromatic carbocycles. The molecule has 1 N–H and O–H groups in total. The molecule has 0 aliphatic carbocycles. The van der Waals surface area contributed by atoms with Crippen LogP contribution in [0, 0.1) is 0 Å². The number of carbonyl (C=O) groups is 2. The Morgan fingerprint density at radius 3 is 2.48 bits per heavy atom. The predicted molar refractivity (Wildman–Crippen MR) is 91.2 cm³/mol. The van der Waals surface area contributed by atoms with Crippen LogP contribution in [0.15, 0.2) is 48.0 Å². The van der Waals surface area contributed by atoms with Crippen molar-refractivity contribution in [2.75, 3.05) is 12.4 Å². The molecular formula is C16H12N2O3S2. The number of nitrogens with zero attached hydrogens (tertiary/aromatic N) is 1. The molecule has 0 saturated heterocycles.